The number of rotatable bonds is 1. The Balaban J connectivity index is 1.75. The molecule has 2 aliphatic rings. The molecule has 1 aromatic rings. The molecule has 1 atom stereocenters. The maximum absolute atomic E-state index is 12.3. The fourth-order valence-corrected chi connectivity index (χ4v) is 3.17. The number of hydrogen-bond acceptors (Lipinski definition) is 5. The number of pyridine rings is 1. The van der Waals surface area contributed by atoms with E-state index in [4.69, 9.17) is 14.5 Å². The second kappa shape index (κ2) is 6.59. The summed E-state index contributed by atoms with van der Waals surface area (Å²) in [6, 6.07) is 4.15. The zero-order chi connectivity index (χ0) is 17.3. The minimum Gasteiger partial charge on any atom is -0.444 e. The highest BCUT2D eigenvalue weighted by molar-refractivity contribution is 5.69. The van der Waals surface area contributed by atoms with Gasteiger partial charge in [-0.25, -0.2) is 9.78 Å². The van der Waals surface area contributed by atoms with Crippen molar-refractivity contribution in [3.63, 3.8) is 0 Å². The molecule has 1 aromatic heterocycles. The number of morpholine rings is 1. The van der Waals surface area contributed by atoms with Crippen LogP contribution in [0, 0.1) is 0 Å². The number of ether oxygens (including phenoxy) is 2. The number of hydrogen-bond donors (Lipinski definition) is 0. The second-order valence-corrected chi connectivity index (χ2v) is 7.58. The van der Waals surface area contributed by atoms with Crippen LogP contribution in [0.1, 0.15) is 44.9 Å². The Kier molecular flexibility index (Phi) is 4.67. The van der Waals surface area contributed by atoms with Crippen LogP contribution in [-0.4, -0.2) is 54.4 Å². The van der Waals surface area contributed by atoms with Crippen molar-refractivity contribution in [3.05, 3.63) is 23.4 Å². The highest BCUT2D eigenvalue weighted by atomic mass is 16.6. The van der Waals surface area contributed by atoms with Gasteiger partial charge in [0.1, 0.15) is 11.4 Å². The molecule has 0 spiro atoms. The maximum Gasteiger partial charge on any atom is 0.410 e. The van der Waals surface area contributed by atoms with Gasteiger partial charge in [0.15, 0.2) is 0 Å². The monoisotopic (exact) mass is 333 g/mol. The van der Waals surface area contributed by atoms with Gasteiger partial charge in [0.05, 0.1) is 25.5 Å². The molecular weight excluding hydrogens is 306 g/mol. The first-order valence-electron chi connectivity index (χ1n) is 8.64. The Morgan fingerprint density at radius 1 is 1.29 bits per heavy atom. The van der Waals surface area contributed by atoms with E-state index in [0.717, 1.165) is 43.4 Å². The lowest BCUT2D eigenvalue weighted by Gasteiger charge is -2.35. The van der Waals surface area contributed by atoms with Crippen LogP contribution < -0.4 is 4.90 Å². The van der Waals surface area contributed by atoms with E-state index in [0.29, 0.717) is 13.1 Å². The molecule has 2 aliphatic heterocycles. The minimum absolute atomic E-state index is 0.197. The number of carbonyl (C=O) groups is 1. The van der Waals surface area contributed by atoms with E-state index in [2.05, 4.69) is 24.0 Å². The molecule has 0 bridgehead atoms. The van der Waals surface area contributed by atoms with Crippen LogP contribution in [0.15, 0.2) is 12.1 Å². The standard InChI is InChI=1S/C18H27N3O3/c1-13-11-21(17(22)24-18(2,3)4)12-14-5-6-15(19-16(13)14)20-7-9-23-10-8-20/h5-6,13H,7-12H2,1-4H3. The third kappa shape index (κ3) is 3.80. The molecule has 1 fully saturated rings. The van der Waals surface area contributed by atoms with Crippen LogP contribution in [0.2, 0.25) is 0 Å². The molecule has 132 valence electrons. The second-order valence-electron chi connectivity index (χ2n) is 7.58. The molecule has 0 radical (unpaired) electrons. The summed E-state index contributed by atoms with van der Waals surface area (Å²) in [6.07, 6.45) is -0.253. The summed E-state index contributed by atoms with van der Waals surface area (Å²) in [5, 5.41) is 0. The number of aromatic nitrogens is 1. The normalized spacial score (nSPS) is 21.4. The van der Waals surface area contributed by atoms with Gasteiger partial charge < -0.3 is 19.3 Å². The highest BCUT2D eigenvalue weighted by Gasteiger charge is 2.30. The average Bonchev–Trinajstić information content (AvgIpc) is 2.54. The predicted molar refractivity (Wildman–Crippen MR) is 92.3 cm³/mol. The van der Waals surface area contributed by atoms with Gasteiger partial charge in [0.2, 0.25) is 0 Å². The lowest BCUT2D eigenvalue weighted by molar-refractivity contribution is 0.0207. The average molecular weight is 333 g/mol. The van der Waals surface area contributed by atoms with Gasteiger partial charge in [0.25, 0.3) is 0 Å². The lowest BCUT2D eigenvalue weighted by atomic mass is 9.96. The van der Waals surface area contributed by atoms with Crippen molar-refractivity contribution < 1.29 is 14.3 Å². The van der Waals surface area contributed by atoms with E-state index in [1.807, 2.05) is 20.8 Å². The number of nitrogens with zero attached hydrogens (tertiary/aromatic N) is 3. The fourth-order valence-electron chi connectivity index (χ4n) is 3.17. The molecule has 1 unspecified atom stereocenters. The molecule has 1 amide bonds. The van der Waals surface area contributed by atoms with Crippen molar-refractivity contribution in [3.8, 4) is 0 Å². The largest absolute Gasteiger partial charge is 0.444 e. The molecule has 3 heterocycles. The summed E-state index contributed by atoms with van der Waals surface area (Å²) < 4.78 is 10.9. The van der Waals surface area contributed by atoms with E-state index < -0.39 is 5.60 Å². The Labute approximate surface area is 143 Å². The van der Waals surface area contributed by atoms with E-state index in [1.165, 1.54) is 0 Å². The van der Waals surface area contributed by atoms with Crippen LogP contribution >= 0.6 is 0 Å². The van der Waals surface area contributed by atoms with Gasteiger partial charge in [-0.05, 0) is 32.4 Å². The molecule has 24 heavy (non-hydrogen) atoms. The Bertz CT molecular complexity index is 606. The van der Waals surface area contributed by atoms with E-state index in [9.17, 15) is 4.79 Å². The smallest absolute Gasteiger partial charge is 0.410 e. The summed E-state index contributed by atoms with van der Waals surface area (Å²) in [5.74, 6) is 1.21. The molecule has 0 saturated carbocycles. The van der Waals surface area contributed by atoms with E-state index >= 15 is 0 Å². The Hall–Kier alpha value is -1.82. The summed E-state index contributed by atoms with van der Waals surface area (Å²) in [6.45, 7) is 12.3. The zero-order valence-electron chi connectivity index (χ0n) is 15.0. The van der Waals surface area contributed by atoms with Gasteiger partial charge in [-0.15, -0.1) is 0 Å². The van der Waals surface area contributed by atoms with Gasteiger partial charge in [-0.2, -0.15) is 0 Å². The SMILES string of the molecule is CC1CN(C(=O)OC(C)(C)C)Cc2ccc(N3CCOCC3)nc21. The lowest BCUT2D eigenvalue weighted by Crippen LogP contribution is -2.42. The number of amides is 1. The van der Waals surface area contributed by atoms with Crippen LogP contribution in [0.3, 0.4) is 0 Å². The third-order valence-corrected chi connectivity index (χ3v) is 4.31. The molecule has 0 N–H and O–H groups in total. The van der Waals surface area contributed by atoms with Crippen molar-refractivity contribution >= 4 is 11.9 Å². The van der Waals surface area contributed by atoms with Crippen molar-refractivity contribution in [2.75, 3.05) is 37.7 Å². The summed E-state index contributed by atoms with van der Waals surface area (Å²) in [5.41, 5.74) is 1.73. The van der Waals surface area contributed by atoms with Crippen molar-refractivity contribution in [1.82, 2.24) is 9.88 Å². The quantitative estimate of drug-likeness (QED) is 0.791. The first-order chi connectivity index (χ1) is 11.3. The van der Waals surface area contributed by atoms with E-state index in [1.54, 1.807) is 4.90 Å². The van der Waals surface area contributed by atoms with Gasteiger partial charge in [0, 0.05) is 25.6 Å². The van der Waals surface area contributed by atoms with Crippen molar-refractivity contribution in [1.29, 1.82) is 0 Å². The predicted octanol–water partition coefficient (Wildman–Crippen LogP) is 2.77. The van der Waals surface area contributed by atoms with Crippen LogP contribution in [0.5, 0.6) is 0 Å². The highest BCUT2D eigenvalue weighted by Crippen LogP contribution is 2.29. The molecule has 0 aliphatic carbocycles. The van der Waals surface area contributed by atoms with Gasteiger partial charge >= 0.3 is 6.09 Å². The molecule has 6 heteroatoms. The first-order valence-corrected chi connectivity index (χ1v) is 8.64. The third-order valence-electron chi connectivity index (χ3n) is 4.31. The number of anilines is 1. The molecular formula is C18H27N3O3. The molecule has 0 aromatic carbocycles. The van der Waals surface area contributed by atoms with E-state index in [-0.39, 0.29) is 12.0 Å². The number of fused-ring (bicyclic) bond motifs is 1. The van der Waals surface area contributed by atoms with Crippen molar-refractivity contribution in [2.45, 2.75) is 45.8 Å². The topological polar surface area (TPSA) is 54.9 Å². The minimum atomic E-state index is -0.473. The van der Waals surface area contributed by atoms with Gasteiger partial charge in [-0.1, -0.05) is 13.0 Å². The summed E-state index contributed by atoms with van der Waals surface area (Å²) >= 11 is 0. The Morgan fingerprint density at radius 2 is 2.00 bits per heavy atom. The Morgan fingerprint density at radius 3 is 2.67 bits per heavy atom. The van der Waals surface area contributed by atoms with Crippen LogP contribution in [0.4, 0.5) is 10.6 Å². The summed E-state index contributed by atoms with van der Waals surface area (Å²) in [7, 11) is 0. The molecule has 6 nitrogen and oxygen atoms in total. The zero-order valence-corrected chi connectivity index (χ0v) is 15.0. The van der Waals surface area contributed by atoms with Crippen LogP contribution in [0.25, 0.3) is 0 Å². The molecule has 3 rings (SSSR count). The molecule has 1 saturated heterocycles. The summed E-state index contributed by atoms with van der Waals surface area (Å²) in [4.78, 5) is 21.3. The first kappa shape index (κ1) is 17.0. The van der Waals surface area contributed by atoms with Crippen molar-refractivity contribution in [2.24, 2.45) is 0 Å². The van der Waals surface area contributed by atoms with Crippen LogP contribution in [-0.2, 0) is 16.0 Å². The maximum atomic E-state index is 12.3. The van der Waals surface area contributed by atoms with Gasteiger partial charge in [-0.3, -0.25) is 0 Å². The fraction of sp³-hybridized carbons (Fsp3) is 0.667. The number of carbonyl (C=O) groups excluding carboxylic acids is 1.